The molecule has 0 amide bonds. The summed E-state index contributed by atoms with van der Waals surface area (Å²) in [5.74, 6) is 0.718. The maximum Gasteiger partial charge on any atom is 0.0524 e. The number of rotatable bonds is 1. The molecule has 1 aliphatic rings. The highest BCUT2D eigenvalue weighted by molar-refractivity contribution is 5.25. The Morgan fingerprint density at radius 1 is 1.35 bits per heavy atom. The lowest BCUT2D eigenvalue weighted by molar-refractivity contribution is 0.0143. The van der Waals surface area contributed by atoms with E-state index in [4.69, 9.17) is 0 Å². The Bertz CT molecular complexity index is 409. The number of fused-ring (bicyclic) bond motifs is 1. The Morgan fingerprint density at radius 2 is 2.00 bits per heavy atom. The van der Waals surface area contributed by atoms with Gasteiger partial charge in [-0.2, -0.15) is 5.10 Å². The van der Waals surface area contributed by atoms with Crippen LogP contribution < -0.4 is 0 Å². The first-order chi connectivity index (χ1) is 7.78. The van der Waals surface area contributed by atoms with Crippen molar-refractivity contribution in [3.63, 3.8) is 0 Å². The summed E-state index contributed by atoms with van der Waals surface area (Å²) < 4.78 is 2.06. The minimum atomic E-state index is 0.356. The van der Waals surface area contributed by atoms with Gasteiger partial charge in [0.25, 0.3) is 0 Å². The second kappa shape index (κ2) is 3.86. The third kappa shape index (κ3) is 1.82. The minimum absolute atomic E-state index is 0.356. The standard InChI is InChI=1S/C15H26N2/c1-11(2)15(14(3,4)5)8-7-13-12(9-15)10-16-17(13)6/h10-11H,7-9H2,1-6H3. The van der Waals surface area contributed by atoms with Crippen molar-refractivity contribution in [2.24, 2.45) is 23.8 Å². The average molecular weight is 234 g/mol. The monoisotopic (exact) mass is 234 g/mol. The quantitative estimate of drug-likeness (QED) is 0.726. The van der Waals surface area contributed by atoms with E-state index in [0.29, 0.717) is 10.8 Å². The largest absolute Gasteiger partial charge is 0.272 e. The molecule has 17 heavy (non-hydrogen) atoms. The van der Waals surface area contributed by atoms with E-state index < -0.39 is 0 Å². The molecule has 0 bridgehead atoms. The Morgan fingerprint density at radius 3 is 2.53 bits per heavy atom. The molecule has 0 fully saturated rings. The first-order valence-corrected chi connectivity index (χ1v) is 6.78. The van der Waals surface area contributed by atoms with Crippen LogP contribution in [0, 0.1) is 16.7 Å². The summed E-state index contributed by atoms with van der Waals surface area (Å²) in [6, 6.07) is 0. The topological polar surface area (TPSA) is 17.8 Å². The van der Waals surface area contributed by atoms with Crippen molar-refractivity contribution >= 4 is 0 Å². The zero-order valence-corrected chi connectivity index (χ0v) is 12.2. The lowest BCUT2D eigenvalue weighted by Gasteiger charge is -2.50. The van der Waals surface area contributed by atoms with E-state index in [9.17, 15) is 0 Å². The molecule has 2 nitrogen and oxygen atoms in total. The summed E-state index contributed by atoms with van der Waals surface area (Å²) in [4.78, 5) is 0. The lowest BCUT2D eigenvalue weighted by atomic mass is 9.54. The van der Waals surface area contributed by atoms with E-state index >= 15 is 0 Å². The molecule has 1 heterocycles. The van der Waals surface area contributed by atoms with Crippen LogP contribution in [0.4, 0.5) is 0 Å². The fourth-order valence-corrected chi connectivity index (χ4v) is 3.75. The molecule has 1 aliphatic carbocycles. The number of hydrogen-bond donors (Lipinski definition) is 0. The molecule has 0 aliphatic heterocycles. The number of aryl methyl sites for hydroxylation is 1. The van der Waals surface area contributed by atoms with E-state index in [1.54, 1.807) is 0 Å². The fraction of sp³-hybridized carbons (Fsp3) is 0.800. The SMILES string of the molecule is CC(C)C1(C(C)(C)C)CCc2c(cnn2C)C1. The summed E-state index contributed by atoms with van der Waals surface area (Å²) in [7, 11) is 2.07. The third-order valence-electron chi connectivity index (χ3n) is 5.06. The molecule has 0 saturated carbocycles. The van der Waals surface area contributed by atoms with Crippen LogP contribution in [0.2, 0.25) is 0 Å². The molecule has 96 valence electrons. The van der Waals surface area contributed by atoms with Gasteiger partial charge in [-0.25, -0.2) is 0 Å². The van der Waals surface area contributed by atoms with Crippen molar-refractivity contribution in [2.45, 2.75) is 53.9 Å². The van der Waals surface area contributed by atoms with Crippen molar-refractivity contribution in [1.29, 1.82) is 0 Å². The molecule has 1 aromatic heterocycles. The van der Waals surface area contributed by atoms with Gasteiger partial charge in [0.15, 0.2) is 0 Å². The van der Waals surface area contributed by atoms with Gasteiger partial charge in [0.1, 0.15) is 0 Å². The minimum Gasteiger partial charge on any atom is -0.272 e. The molecule has 1 atom stereocenters. The van der Waals surface area contributed by atoms with Crippen molar-refractivity contribution < 1.29 is 0 Å². The van der Waals surface area contributed by atoms with E-state index in [1.165, 1.54) is 30.5 Å². The van der Waals surface area contributed by atoms with Gasteiger partial charge in [-0.05, 0) is 41.6 Å². The highest BCUT2D eigenvalue weighted by Crippen LogP contribution is 2.52. The molecule has 0 N–H and O–H groups in total. The van der Waals surface area contributed by atoms with Crippen LogP contribution in [-0.2, 0) is 19.9 Å². The summed E-state index contributed by atoms with van der Waals surface area (Å²) in [5.41, 5.74) is 3.70. The highest BCUT2D eigenvalue weighted by Gasteiger charge is 2.46. The van der Waals surface area contributed by atoms with E-state index in [2.05, 4.69) is 57.6 Å². The van der Waals surface area contributed by atoms with E-state index in [-0.39, 0.29) is 0 Å². The molecule has 1 aromatic rings. The molecular formula is C15H26N2. The van der Waals surface area contributed by atoms with Gasteiger partial charge in [-0.1, -0.05) is 34.6 Å². The summed E-state index contributed by atoms with van der Waals surface area (Å²) >= 11 is 0. The van der Waals surface area contributed by atoms with Crippen LogP contribution in [0.25, 0.3) is 0 Å². The molecule has 1 unspecified atom stereocenters. The van der Waals surface area contributed by atoms with Crippen molar-refractivity contribution in [3.8, 4) is 0 Å². The van der Waals surface area contributed by atoms with Crippen LogP contribution >= 0.6 is 0 Å². The Hall–Kier alpha value is -0.790. The van der Waals surface area contributed by atoms with Crippen molar-refractivity contribution in [2.75, 3.05) is 0 Å². The second-order valence-electron chi connectivity index (χ2n) is 6.98. The van der Waals surface area contributed by atoms with Gasteiger partial charge in [-0.15, -0.1) is 0 Å². The van der Waals surface area contributed by atoms with Gasteiger partial charge in [0, 0.05) is 12.7 Å². The van der Waals surface area contributed by atoms with Crippen LogP contribution in [0.5, 0.6) is 0 Å². The zero-order chi connectivity index (χ0) is 12.8. The van der Waals surface area contributed by atoms with Crippen LogP contribution in [0.15, 0.2) is 6.20 Å². The van der Waals surface area contributed by atoms with E-state index in [1.807, 2.05) is 0 Å². The molecule has 0 spiro atoms. The van der Waals surface area contributed by atoms with Crippen molar-refractivity contribution in [1.82, 2.24) is 9.78 Å². The molecule has 0 aromatic carbocycles. The predicted octanol–water partition coefficient (Wildman–Crippen LogP) is 3.60. The number of hydrogen-bond acceptors (Lipinski definition) is 1. The second-order valence-corrected chi connectivity index (χ2v) is 6.98. The highest BCUT2D eigenvalue weighted by atomic mass is 15.3. The molecule has 0 radical (unpaired) electrons. The van der Waals surface area contributed by atoms with E-state index in [0.717, 1.165) is 5.92 Å². The Balaban J connectivity index is 2.42. The first-order valence-electron chi connectivity index (χ1n) is 6.78. The Kier molecular flexibility index (Phi) is 2.87. The average Bonchev–Trinajstić information content (AvgIpc) is 2.57. The van der Waals surface area contributed by atoms with Gasteiger partial charge in [0.2, 0.25) is 0 Å². The van der Waals surface area contributed by atoms with Crippen molar-refractivity contribution in [3.05, 3.63) is 17.5 Å². The zero-order valence-electron chi connectivity index (χ0n) is 12.2. The maximum absolute atomic E-state index is 4.42. The normalized spacial score (nSPS) is 25.1. The van der Waals surface area contributed by atoms with Gasteiger partial charge < -0.3 is 0 Å². The molecule has 0 saturated heterocycles. The van der Waals surface area contributed by atoms with Gasteiger partial charge in [-0.3, -0.25) is 4.68 Å². The fourth-order valence-electron chi connectivity index (χ4n) is 3.75. The number of nitrogens with zero attached hydrogens (tertiary/aromatic N) is 2. The van der Waals surface area contributed by atoms with Crippen LogP contribution in [0.1, 0.15) is 52.3 Å². The van der Waals surface area contributed by atoms with Gasteiger partial charge in [0.05, 0.1) is 6.20 Å². The van der Waals surface area contributed by atoms with Crippen LogP contribution in [-0.4, -0.2) is 9.78 Å². The van der Waals surface area contributed by atoms with Gasteiger partial charge >= 0.3 is 0 Å². The maximum atomic E-state index is 4.42. The lowest BCUT2D eigenvalue weighted by Crippen LogP contribution is -2.44. The first kappa shape index (κ1) is 12.7. The molecule has 2 rings (SSSR count). The predicted molar refractivity (Wildman–Crippen MR) is 72.0 cm³/mol. The number of aromatic nitrogens is 2. The summed E-state index contributed by atoms with van der Waals surface area (Å²) in [6.07, 6.45) is 5.75. The molecule has 2 heteroatoms. The summed E-state index contributed by atoms with van der Waals surface area (Å²) in [6.45, 7) is 12.0. The smallest absolute Gasteiger partial charge is 0.0524 e. The van der Waals surface area contributed by atoms with Crippen LogP contribution in [0.3, 0.4) is 0 Å². The third-order valence-corrected chi connectivity index (χ3v) is 5.06. The Labute approximate surface area is 105 Å². The molecular weight excluding hydrogens is 208 g/mol. The summed E-state index contributed by atoms with van der Waals surface area (Å²) in [5, 5.41) is 4.42.